The molecule has 0 fully saturated rings. The lowest BCUT2D eigenvalue weighted by Gasteiger charge is -2.25. The lowest BCUT2D eigenvalue weighted by Crippen LogP contribution is -2.28. The fraction of sp³-hybridized carbons (Fsp3) is 0.350. The number of allylic oxidation sites excluding steroid dienone is 2. The molecule has 0 aliphatic rings. The maximum absolute atomic E-state index is 13.3. The molecule has 0 bridgehead atoms. The van der Waals surface area contributed by atoms with E-state index in [9.17, 15) is 4.79 Å². The van der Waals surface area contributed by atoms with Gasteiger partial charge in [-0.05, 0) is 41.3 Å². The highest BCUT2D eigenvalue weighted by molar-refractivity contribution is 9.10. The van der Waals surface area contributed by atoms with E-state index in [4.69, 9.17) is 0 Å². The van der Waals surface area contributed by atoms with Gasteiger partial charge in [0.15, 0.2) is 5.78 Å². The highest BCUT2D eigenvalue weighted by Gasteiger charge is 2.32. The molecule has 0 radical (unpaired) electrons. The summed E-state index contributed by atoms with van der Waals surface area (Å²) in [4.78, 5) is 22.1. The molecule has 3 nitrogen and oxygen atoms in total. The van der Waals surface area contributed by atoms with Crippen LogP contribution in [0.1, 0.15) is 44.1 Å². The SMILES string of the molecule is CC/C=C(/C(=O)C(C)(C)Cc1ccccc1)c1nc(Br)cnc1C. The minimum absolute atomic E-state index is 0.101. The number of benzene rings is 1. The monoisotopic (exact) mass is 386 g/mol. The van der Waals surface area contributed by atoms with Crippen molar-refractivity contribution >= 4 is 27.3 Å². The summed E-state index contributed by atoms with van der Waals surface area (Å²) >= 11 is 3.36. The van der Waals surface area contributed by atoms with Crippen LogP contribution in [0.5, 0.6) is 0 Å². The van der Waals surface area contributed by atoms with Crippen LogP contribution in [0.2, 0.25) is 0 Å². The molecule has 0 saturated heterocycles. The first-order valence-electron chi connectivity index (χ1n) is 8.13. The Kier molecular flexibility index (Phi) is 6.05. The van der Waals surface area contributed by atoms with Gasteiger partial charge in [-0.2, -0.15) is 0 Å². The van der Waals surface area contributed by atoms with Crippen LogP contribution in [0, 0.1) is 12.3 Å². The van der Waals surface area contributed by atoms with Gasteiger partial charge < -0.3 is 0 Å². The van der Waals surface area contributed by atoms with E-state index in [1.165, 1.54) is 0 Å². The fourth-order valence-electron chi connectivity index (χ4n) is 2.73. The number of aryl methyl sites for hydroxylation is 1. The molecule has 0 N–H and O–H groups in total. The van der Waals surface area contributed by atoms with E-state index in [0.29, 0.717) is 22.3 Å². The van der Waals surface area contributed by atoms with Crippen molar-refractivity contribution in [1.82, 2.24) is 9.97 Å². The van der Waals surface area contributed by atoms with Gasteiger partial charge in [0.1, 0.15) is 4.60 Å². The molecule has 0 unspecified atom stereocenters. The Morgan fingerprint density at radius 1 is 1.25 bits per heavy atom. The molecule has 2 aromatic rings. The highest BCUT2D eigenvalue weighted by Crippen LogP contribution is 2.31. The Bertz CT molecular complexity index is 751. The standard InChI is InChI=1S/C20H23BrN2O/c1-5-9-16(18-14(2)22-13-17(21)23-18)19(24)20(3,4)12-15-10-7-6-8-11-15/h6-11,13H,5,12H2,1-4H3/b16-9+. The maximum Gasteiger partial charge on any atom is 0.170 e. The van der Waals surface area contributed by atoms with E-state index in [2.05, 4.69) is 38.0 Å². The number of carbonyl (C=O) groups excluding carboxylic acids is 1. The molecule has 0 saturated carbocycles. The number of ketones is 1. The van der Waals surface area contributed by atoms with Crippen molar-refractivity contribution in [2.45, 2.75) is 40.5 Å². The topological polar surface area (TPSA) is 42.9 Å². The van der Waals surface area contributed by atoms with Crippen molar-refractivity contribution in [3.05, 3.63) is 64.2 Å². The molecule has 0 aliphatic heterocycles. The van der Waals surface area contributed by atoms with Gasteiger partial charge in [0, 0.05) is 11.0 Å². The summed E-state index contributed by atoms with van der Waals surface area (Å²) in [5.74, 6) is 0.101. The number of carbonyl (C=O) groups is 1. The van der Waals surface area contributed by atoms with Crippen LogP contribution < -0.4 is 0 Å². The molecule has 0 aliphatic carbocycles. The van der Waals surface area contributed by atoms with Crippen LogP contribution in [-0.2, 0) is 11.2 Å². The van der Waals surface area contributed by atoms with E-state index < -0.39 is 5.41 Å². The van der Waals surface area contributed by atoms with Crippen molar-refractivity contribution in [2.24, 2.45) is 5.41 Å². The fourth-order valence-corrected chi connectivity index (χ4v) is 3.01. The Hall–Kier alpha value is -1.81. The van der Waals surface area contributed by atoms with Crippen molar-refractivity contribution in [2.75, 3.05) is 0 Å². The van der Waals surface area contributed by atoms with E-state index >= 15 is 0 Å². The van der Waals surface area contributed by atoms with Gasteiger partial charge >= 0.3 is 0 Å². The number of hydrogen-bond donors (Lipinski definition) is 0. The Morgan fingerprint density at radius 2 is 1.92 bits per heavy atom. The summed E-state index contributed by atoms with van der Waals surface area (Å²) < 4.78 is 0.638. The summed E-state index contributed by atoms with van der Waals surface area (Å²) in [6.45, 7) is 7.90. The minimum atomic E-state index is -0.515. The van der Waals surface area contributed by atoms with Crippen LogP contribution in [0.4, 0.5) is 0 Å². The summed E-state index contributed by atoms with van der Waals surface area (Å²) in [6.07, 6.45) is 5.07. The lowest BCUT2D eigenvalue weighted by molar-refractivity contribution is -0.121. The van der Waals surface area contributed by atoms with Crippen LogP contribution in [0.3, 0.4) is 0 Å². The first kappa shape index (κ1) is 18.5. The summed E-state index contributed by atoms with van der Waals surface area (Å²) in [7, 11) is 0. The summed E-state index contributed by atoms with van der Waals surface area (Å²) in [5, 5.41) is 0. The third-order valence-corrected chi connectivity index (χ3v) is 4.32. The highest BCUT2D eigenvalue weighted by atomic mass is 79.9. The van der Waals surface area contributed by atoms with Crippen LogP contribution in [0.15, 0.2) is 47.2 Å². The van der Waals surface area contributed by atoms with Gasteiger partial charge in [0.2, 0.25) is 0 Å². The van der Waals surface area contributed by atoms with Gasteiger partial charge in [-0.25, -0.2) is 4.98 Å². The molecule has 0 atom stereocenters. The number of hydrogen-bond acceptors (Lipinski definition) is 3. The molecular weight excluding hydrogens is 364 g/mol. The van der Waals surface area contributed by atoms with Gasteiger partial charge in [-0.1, -0.05) is 57.2 Å². The molecule has 1 aromatic heterocycles. The van der Waals surface area contributed by atoms with Crippen LogP contribution >= 0.6 is 15.9 Å². The number of nitrogens with zero attached hydrogens (tertiary/aromatic N) is 2. The van der Waals surface area contributed by atoms with Gasteiger partial charge in [-0.3, -0.25) is 9.78 Å². The molecule has 24 heavy (non-hydrogen) atoms. The van der Waals surface area contributed by atoms with E-state index in [0.717, 1.165) is 17.7 Å². The van der Waals surface area contributed by atoms with Crippen LogP contribution in [0.25, 0.3) is 5.57 Å². The zero-order chi connectivity index (χ0) is 17.7. The molecular formula is C20H23BrN2O. The third-order valence-electron chi connectivity index (χ3n) is 3.94. The van der Waals surface area contributed by atoms with Crippen molar-refractivity contribution < 1.29 is 4.79 Å². The predicted molar refractivity (Wildman–Crippen MR) is 102 cm³/mol. The number of Topliss-reactive ketones (excluding diaryl/α,β-unsaturated/α-hetero) is 1. The molecule has 1 heterocycles. The Labute approximate surface area is 152 Å². The Balaban J connectivity index is 2.38. The van der Waals surface area contributed by atoms with E-state index in [-0.39, 0.29) is 5.78 Å². The largest absolute Gasteiger partial charge is 0.293 e. The summed E-state index contributed by atoms with van der Waals surface area (Å²) in [6, 6.07) is 10.1. The molecule has 1 aromatic carbocycles. The van der Waals surface area contributed by atoms with Crippen LogP contribution in [-0.4, -0.2) is 15.8 Å². The van der Waals surface area contributed by atoms with Gasteiger partial charge in [0.25, 0.3) is 0 Å². The molecule has 126 valence electrons. The van der Waals surface area contributed by atoms with E-state index in [1.807, 2.05) is 52.0 Å². The average Bonchev–Trinajstić information content (AvgIpc) is 2.55. The molecule has 0 spiro atoms. The lowest BCUT2D eigenvalue weighted by atomic mass is 9.77. The van der Waals surface area contributed by atoms with Crippen molar-refractivity contribution in [3.63, 3.8) is 0 Å². The second kappa shape index (κ2) is 7.84. The maximum atomic E-state index is 13.3. The van der Waals surface area contributed by atoms with Crippen molar-refractivity contribution in [3.8, 4) is 0 Å². The normalized spacial score (nSPS) is 12.3. The quantitative estimate of drug-likeness (QED) is 0.642. The van der Waals surface area contributed by atoms with Crippen molar-refractivity contribution in [1.29, 1.82) is 0 Å². The number of rotatable bonds is 6. The second-order valence-corrected chi connectivity index (χ2v) is 7.34. The zero-order valence-corrected chi connectivity index (χ0v) is 16.2. The van der Waals surface area contributed by atoms with Gasteiger partial charge in [0.05, 0.1) is 17.6 Å². The summed E-state index contributed by atoms with van der Waals surface area (Å²) in [5.41, 5.74) is 2.73. The second-order valence-electron chi connectivity index (χ2n) is 6.53. The average molecular weight is 387 g/mol. The minimum Gasteiger partial charge on any atom is -0.293 e. The molecule has 0 amide bonds. The smallest absolute Gasteiger partial charge is 0.170 e. The zero-order valence-electron chi connectivity index (χ0n) is 14.6. The number of aromatic nitrogens is 2. The number of halogens is 1. The first-order valence-corrected chi connectivity index (χ1v) is 8.93. The Morgan fingerprint density at radius 3 is 2.54 bits per heavy atom. The third kappa shape index (κ3) is 4.38. The molecule has 2 rings (SSSR count). The van der Waals surface area contributed by atoms with Gasteiger partial charge in [-0.15, -0.1) is 0 Å². The molecule has 4 heteroatoms. The van der Waals surface area contributed by atoms with E-state index in [1.54, 1.807) is 6.20 Å². The first-order chi connectivity index (χ1) is 11.3. The predicted octanol–water partition coefficient (Wildman–Crippen LogP) is 5.18.